The summed E-state index contributed by atoms with van der Waals surface area (Å²) >= 11 is 0. The highest BCUT2D eigenvalue weighted by Crippen LogP contribution is 2.28. The minimum atomic E-state index is 0.411. The van der Waals surface area contributed by atoms with Crippen LogP contribution in [0.2, 0.25) is 0 Å². The van der Waals surface area contributed by atoms with E-state index in [9.17, 15) is 0 Å². The van der Waals surface area contributed by atoms with Gasteiger partial charge in [0.25, 0.3) is 0 Å². The molecule has 0 aromatic heterocycles. The Morgan fingerprint density at radius 1 is 1.25 bits per heavy atom. The van der Waals surface area contributed by atoms with Crippen molar-refractivity contribution < 1.29 is 4.74 Å². The first-order valence-corrected chi connectivity index (χ1v) is 7.85. The van der Waals surface area contributed by atoms with Crippen LogP contribution in [-0.4, -0.2) is 26.3 Å². The van der Waals surface area contributed by atoms with Gasteiger partial charge in [-0.15, -0.1) is 0 Å². The maximum Gasteiger partial charge on any atom is 0.0471 e. The van der Waals surface area contributed by atoms with Crippen molar-refractivity contribution in [2.24, 2.45) is 5.41 Å². The summed E-state index contributed by atoms with van der Waals surface area (Å²) < 4.78 is 5.46. The SMILES string of the molecule is CC1(CNCc2ccc3c(c2)CNCC3)CCOCC1. The van der Waals surface area contributed by atoms with Gasteiger partial charge < -0.3 is 15.4 Å². The molecule has 110 valence electrons. The van der Waals surface area contributed by atoms with Crippen molar-refractivity contribution in [3.63, 3.8) is 0 Å². The predicted octanol–water partition coefficient (Wildman–Crippen LogP) is 2.24. The van der Waals surface area contributed by atoms with Crippen molar-refractivity contribution in [2.45, 2.75) is 39.3 Å². The Bertz CT molecular complexity index is 452. The zero-order chi connectivity index (χ0) is 13.8. The molecule has 0 amide bonds. The summed E-state index contributed by atoms with van der Waals surface area (Å²) in [6.07, 6.45) is 3.52. The Morgan fingerprint density at radius 2 is 2.10 bits per heavy atom. The summed E-state index contributed by atoms with van der Waals surface area (Å²) in [6, 6.07) is 6.95. The lowest BCUT2D eigenvalue weighted by Gasteiger charge is -2.33. The van der Waals surface area contributed by atoms with E-state index in [0.717, 1.165) is 39.4 Å². The van der Waals surface area contributed by atoms with Crippen LogP contribution in [0.25, 0.3) is 0 Å². The zero-order valence-electron chi connectivity index (χ0n) is 12.5. The fourth-order valence-electron chi connectivity index (χ4n) is 3.19. The Labute approximate surface area is 122 Å². The summed E-state index contributed by atoms with van der Waals surface area (Å²) in [5.41, 5.74) is 4.81. The van der Waals surface area contributed by atoms with E-state index in [-0.39, 0.29) is 0 Å². The number of hydrogen-bond donors (Lipinski definition) is 2. The fourth-order valence-corrected chi connectivity index (χ4v) is 3.19. The molecule has 1 aromatic rings. The van der Waals surface area contributed by atoms with E-state index in [2.05, 4.69) is 35.8 Å². The van der Waals surface area contributed by atoms with Gasteiger partial charge in [-0.25, -0.2) is 0 Å². The van der Waals surface area contributed by atoms with E-state index < -0.39 is 0 Å². The zero-order valence-corrected chi connectivity index (χ0v) is 12.5. The Kier molecular flexibility index (Phi) is 4.39. The van der Waals surface area contributed by atoms with Crippen LogP contribution in [0.4, 0.5) is 0 Å². The van der Waals surface area contributed by atoms with E-state index >= 15 is 0 Å². The van der Waals surface area contributed by atoms with E-state index in [1.165, 1.54) is 36.0 Å². The van der Waals surface area contributed by atoms with Crippen molar-refractivity contribution >= 4 is 0 Å². The van der Waals surface area contributed by atoms with Gasteiger partial charge in [-0.1, -0.05) is 25.1 Å². The molecular weight excluding hydrogens is 248 g/mol. The molecule has 2 N–H and O–H groups in total. The average Bonchev–Trinajstić information content (AvgIpc) is 2.48. The summed E-state index contributed by atoms with van der Waals surface area (Å²) in [5, 5.41) is 7.09. The smallest absolute Gasteiger partial charge is 0.0471 e. The Balaban J connectivity index is 1.53. The molecule has 1 saturated heterocycles. The highest BCUT2D eigenvalue weighted by molar-refractivity contribution is 5.33. The first-order valence-electron chi connectivity index (χ1n) is 7.85. The summed E-state index contributed by atoms with van der Waals surface area (Å²) in [4.78, 5) is 0. The molecule has 1 fully saturated rings. The third-order valence-electron chi connectivity index (χ3n) is 4.74. The highest BCUT2D eigenvalue weighted by atomic mass is 16.5. The van der Waals surface area contributed by atoms with Gasteiger partial charge >= 0.3 is 0 Å². The van der Waals surface area contributed by atoms with E-state index in [4.69, 9.17) is 4.74 Å². The molecular formula is C17H26N2O. The molecule has 0 spiro atoms. The molecule has 2 aliphatic heterocycles. The monoisotopic (exact) mass is 274 g/mol. The lowest BCUT2D eigenvalue weighted by atomic mass is 9.82. The Hall–Kier alpha value is -0.900. The maximum absolute atomic E-state index is 5.46. The second-order valence-electron chi connectivity index (χ2n) is 6.56. The average molecular weight is 274 g/mol. The van der Waals surface area contributed by atoms with Crippen LogP contribution in [0.1, 0.15) is 36.5 Å². The summed E-state index contributed by atoms with van der Waals surface area (Å²) in [5.74, 6) is 0. The predicted molar refractivity (Wildman–Crippen MR) is 81.7 cm³/mol. The van der Waals surface area contributed by atoms with Gasteiger partial charge in [0.1, 0.15) is 0 Å². The molecule has 3 rings (SSSR count). The van der Waals surface area contributed by atoms with Crippen molar-refractivity contribution in [3.8, 4) is 0 Å². The van der Waals surface area contributed by atoms with Gasteiger partial charge in [-0.05, 0) is 47.9 Å². The molecule has 0 unspecified atom stereocenters. The summed E-state index contributed by atoms with van der Waals surface area (Å²) in [6.45, 7) is 8.42. The van der Waals surface area contributed by atoms with Crippen LogP contribution >= 0.6 is 0 Å². The number of rotatable bonds is 4. The van der Waals surface area contributed by atoms with Crippen LogP contribution < -0.4 is 10.6 Å². The number of hydrogen-bond acceptors (Lipinski definition) is 3. The van der Waals surface area contributed by atoms with Crippen LogP contribution in [0.5, 0.6) is 0 Å². The highest BCUT2D eigenvalue weighted by Gasteiger charge is 2.26. The standard InChI is InChI=1S/C17H26N2O/c1-17(5-8-20-9-6-17)13-19-11-14-2-3-15-4-7-18-12-16(15)10-14/h2-3,10,18-19H,4-9,11-13H2,1H3. The first-order chi connectivity index (χ1) is 9.75. The number of ether oxygens (including phenoxy) is 1. The maximum atomic E-state index is 5.46. The normalized spacial score (nSPS) is 21.4. The van der Waals surface area contributed by atoms with Gasteiger partial charge in [0, 0.05) is 32.8 Å². The molecule has 3 heteroatoms. The molecule has 0 radical (unpaired) electrons. The van der Waals surface area contributed by atoms with Crippen LogP contribution in [0, 0.1) is 5.41 Å². The number of benzene rings is 1. The summed E-state index contributed by atoms with van der Waals surface area (Å²) in [7, 11) is 0. The van der Waals surface area contributed by atoms with Crippen LogP contribution in [0.3, 0.4) is 0 Å². The van der Waals surface area contributed by atoms with Gasteiger partial charge in [0.15, 0.2) is 0 Å². The fraction of sp³-hybridized carbons (Fsp3) is 0.647. The van der Waals surface area contributed by atoms with Gasteiger partial charge in [-0.2, -0.15) is 0 Å². The van der Waals surface area contributed by atoms with Crippen LogP contribution in [0.15, 0.2) is 18.2 Å². The molecule has 20 heavy (non-hydrogen) atoms. The molecule has 0 bridgehead atoms. The molecule has 2 aliphatic rings. The third kappa shape index (κ3) is 3.40. The van der Waals surface area contributed by atoms with Crippen molar-refractivity contribution in [1.29, 1.82) is 0 Å². The first kappa shape index (κ1) is 14.1. The van der Waals surface area contributed by atoms with E-state index in [0.29, 0.717) is 5.41 Å². The second-order valence-corrected chi connectivity index (χ2v) is 6.56. The van der Waals surface area contributed by atoms with Gasteiger partial charge in [0.2, 0.25) is 0 Å². The Morgan fingerprint density at radius 3 is 2.95 bits per heavy atom. The molecule has 0 saturated carbocycles. The molecule has 1 aromatic carbocycles. The van der Waals surface area contributed by atoms with Crippen molar-refractivity contribution in [3.05, 3.63) is 34.9 Å². The second kappa shape index (κ2) is 6.25. The quantitative estimate of drug-likeness (QED) is 0.883. The third-order valence-corrected chi connectivity index (χ3v) is 4.74. The minimum absolute atomic E-state index is 0.411. The van der Waals surface area contributed by atoms with Gasteiger partial charge in [-0.3, -0.25) is 0 Å². The van der Waals surface area contributed by atoms with Crippen molar-refractivity contribution in [2.75, 3.05) is 26.3 Å². The molecule has 2 heterocycles. The molecule has 0 aliphatic carbocycles. The number of fused-ring (bicyclic) bond motifs is 1. The lowest BCUT2D eigenvalue weighted by Crippen LogP contribution is -2.36. The number of nitrogens with one attached hydrogen (secondary N) is 2. The topological polar surface area (TPSA) is 33.3 Å². The minimum Gasteiger partial charge on any atom is -0.381 e. The molecule has 0 atom stereocenters. The van der Waals surface area contributed by atoms with E-state index in [1.54, 1.807) is 0 Å². The van der Waals surface area contributed by atoms with Gasteiger partial charge in [0.05, 0.1) is 0 Å². The lowest BCUT2D eigenvalue weighted by molar-refractivity contribution is 0.0240. The van der Waals surface area contributed by atoms with E-state index in [1.807, 2.05) is 0 Å². The molecule has 3 nitrogen and oxygen atoms in total. The van der Waals surface area contributed by atoms with Crippen LogP contribution in [-0.2, 0) is 24.2 Å². The largest absolute Gasteiger partial charge is 0.381 e. The van der Waals surface area contributed by atoms with Crippen molar-refractivity contribution in [1.82, 2.24) is 10.6 Å².